The van der Waals surface area contributed by atoms with E-state index in [0.29, 0.717) is 44.9 Å². The number of carbonyl (C=O) groups excluding carboxylic acids is 3. The molecule has 3 aliphatic carbocycles. The quantitative estimate of drug-likeness (QED) is 0.261. The Balaban J connectivity index is 1.33. The molecule has 0 aliphatic heterocycles. The Labute approximate surface area is 249 Å². The van der Waals surface area contributed by atoms with Crippen LogP contribution >= 0.6 is 10.2 Å². The molecule has 0 spiro atoms. The fourth-order valence-electron chi connectivity index (χ4n) is 6.76. The van der Waals surface area contributed by atoms with E-state index in [4.69, 9.17) is 15.2 Å². The first-order valence-corrected chi connectivity index (χ1v) is 16.2. The highest BCUT2D eigenvalue weighted by molar-refractivity contribution is 8.45. The molecule has 2 aromatic carbocycles. The molecule has 44 heavy (non-hydrogen) atoms. The maximum Gasteiger partial charge on any atom is 0.310 e. The van der Waals surface area contributed by atoms with Crippen molar-refractivity contribution in [3.8, 4) is 11.5 Å². The zero-order chi connectivity index (χ0) is 32.1. The zero-order valence-electron chi connectivity index (χ0n) is 23.7. The molecule has 2 bridgehead atoms. The van der Waals surface area contributed by atoms with Crippen LogP contribution in [0, 0.1) is 29.5 Å². The lowest BCUT2D eigenvalue weighted by atomic mass is 9.83. The highest BCUT2D eigenvalue weighted by Gasteiger charge is 2.65. The Morgan fingerprint density at radius 2 is 1.59 bits per heavy atom. The summed E-state index contributed by atoms with van der Waals surface area (Å²) in [5, 5.41) is 5.16. The first kappa shape index (κ1) is 31.8. The molecule has 8 nitrogen and oxygen atoms in total. The highest BCUT2D eigenvalue weighted by atomic mass is 32.5. The summed E-state index contributed by atoms with van der Waals surface area (Å²) in [5.41, 5.74) is 4.87. The summed E-state index contributed by atoms with van der Waals surface area (Å²) >= 11 is 0. The van der Waals surface area contributed by atoms with Crippen molar-refractivity contribution in [1.82, 2.24) is 5.32 Å². The van der Waals surface area contributed by atoms with Crippen LogP contribution in [-0.4, -0.2) is 37.0 Å². The number of anilines is 1. The van der Waals surface area contributed by atoms with Crippen molar-refractivity contribution in [2.24, 2.45) is 29.4 Å². The third kappa shape index (κ3) is 6.71. The number of halogens is 6. The Kier molecular flexibility index (Phi) is 7.78. The molecule has 242 valence electrons. The lowest BCUT2D eigenvalue weighted by molar-refractivity contribution is -0.123. The van der Waals surface area contributed by atoms with Crippen LogP contribution in [0.5, 0.6) is 11.5 Å². The predicted molar refractivity (Wildman–Crippen MR) is 151 cm³/mol. The van der Waals surface area contributed by atoms with E-state index in [2.05, 4.69) is 10.6 Å². The number of fused-ring (bicyclic) bond motifs is 2. The number of amides is 3. The third-order valence-electron chi connectivity index (χ3n) is 8.93. The van der Waals surface area contributed by atoms with Crippen LogP contribution in [0.3, 0.4) is 0 Å². The van der Waals surface area contributed by atoms with Crippen molar-refractivity contribution in [3.05, 3.63) is 47.8 Å². The van der Waals surface area contributed by atoms with Crippen molar-refractivity contribution in [2.45, 2.75) is 62.0 Å². The highest BCUT2D eigenvalue weighted by Crippen LogP contribution is 3.02. The van der Waals surface area contributed by atoms with Gasteiger partial charge in [-0.1, -0.05) is 25.5 Å². The molecule has 3 saturated carbocycles. The molecule has 0 saturated heterocycles. The number of nitrogens with one attached hydrogen (secondary N) is 2. The van der Waals surface area contributed by atoms with Crippen LogP contribution in [0.25, 0.3) is 0 Å². The molecule has 0 aromatic heterocycles. The maximum atomic E-state index is 14.9. The van der Waals surface area contributed by atoms with Gasteiger partial charge in [-0.2, -0.15) is 0 Å². The number of ether oxygens (including phenoxy) is 2. The zero-order valence-corrected chi connectivity index (χ0v) is 24.5. The second kappa shape index (κ2) is 10.8. The van der Waals surface area contributed by atoms with E-state index in [0.717, 1.165) is 18.2 Å². The van der Waals surface area contributed by atoms with Gasteiger partial charge >= 0.3 is 10.2 Å². The van der Waals surface area contributed by atoms with Gasteiger partial charge in [0.25, 0.3) is 5.91 Å². The summed E-state index contributed by atoms with van der Waals surface area (Å²) < 4.78 is 92.6. The maximum absolute atomic E-state index is 14.9. The average molecular weight is 650 g/mol. The molecule has 5 rings (SSSR count). The Bertz CT molecular complexity index is 1480. The van der Waals surface area contributed by atoms with Crippen LogP contribution in [0.15, 0.2) is 41.3 Å². The van der Waals surface area contributed by atoms with Crippen molar-refractivity contribution in [2.75, 3.05) is 12.4 Å². The molecule has 0 heterocycles. The third-order valence-corrected chi connectivity index (χ3v) is 10.1. The van der Waals surface area contributed by atoms with Gasteiger partial charge in [-0.05, 0) is 81.0 Å². The second-order valence-electron chi connectivity index (χ2n) is 11.8. The molecule has 15 heteroatoms. The lowest BCUT2D eigenvalue weighted by Gasteiger charge is -2.40. The molecular weight excluding hydrogens is 616 g/mol. The fourth-order valence-corrected chi connectivity index (χ4v) is 7.45. The van der Waals surface area contributed by atoms with E-state index in [1.165, 1.54) is 13.2 Å². The minimum absolute atomic E-state index is 0.0553. The lowest BCUT2D eigenvalue weighted by Crippen LogP contribution is -2.48. The number of carbonyl (C=O) groups is 3. The number of methoxy groups -OCH3 is 1. The molecule has 4 atom stereocenters. The normalized spacial score (nSPS) is 28.0. The van der Waals surface area contributed by atoms with E-state index in [1.54, 1.807) is 0 Å². The van der Waals surface area contributed by atoms with Crippen LogP contribution in [0.4, 0.5) is 29.5 Å². The summed E-state index contributed by atoms with van der Waals surface area (Å²) in [6.45, 7) is 0. The van der Waals surface area contributed by atoms with Crippen LogP contribution in [-0.2, 0) is 9.59 Å². The van der Waals surface area contributed by atoms with E-state index in [-0.39, 0.29) is 46.9 Å². The molecule has 3 aliphatic rings. The minimum Gasteiger partial charge on any atom is -0.496 e. The topological polar surface area (TPSA) is 120 Å². The van der Waals surface area contributed by atoms with Gasteiger partial charge in [-0.3, -0.25) is 14.4 Å². The van der Waals surface area contributed by atoms with Crippen molar-refractivity contribution in [3.63, 3.8) is 0 Å². The number of hydrogen-bond acceptors (Lipinski definition) is 5. The number of hydrogen-bond donors (Lipinski definition) is 3. The average Bonchev–Trinajstić information content (AvgIpc) is 3.55. The van der Waals surface area contributed by atoms with Gasteiger partial charge in [-0.25, -0.2) is 4.39 Å². The Morgan fingerprint density at radius 3 is 2.23 bits per heavy atom. The molecule has 4 N–H and O–H groups in total. The summed E-state index contributed by atoms with van der Waals surface area (Å²) in [4.78, 5) is 36.2. The summed E-state index contributed by atoms with van der Waals surface area (Å²) in [6.07, 6.45) is 3.43. The fraction of sp³-hybridized carbons (Fsp3) is 0.483. The minimum atomic E-state index is -9.97. The van der Waals surface area contributed by atoms with Gasteiger partial charge in [0, 0.05) is 23.7 Å². The van der Waals surface area contributed by atoms with Crippen LogP contribution in [0.1, 0.15) is 55.3 Å². The molecule has 3 amide bonds. The van der Waals surface area contributed by atoms with Crippen molar-refractivity contribution < 1.29 is 47.7 Å². The van der Waals surface area contributed by atoms with E-state index < -0.39 is 62.4 Å². The van der Waals surface area contributed by atoms with Gasteiger partial charge in [0.2, 0.25) is 11.8 Å². The predicted octanol–water partition coefficient (Wildman–Crippen LogP) is 6.70. The van der Waals surface area contributed by atoms with Crippen LogP contribution < -0.4 is 25.8 Å². The smallest absolute Gasteiger partial charge is 0.310 e. The summed E-state index contributed by atoms with van der Waals surface area (Å²) in [5.74, 6) is -4.24. The van der Waals surface area contributed by atoms with E-state index in [1.807, 2.05) is 0 Å². The Morgan fingerprint density at radius 1 is 0.909 bits per heavy atom. The van der Waals surface area contributed by atoms with Crippen molar-refractivity contribution in [1.29, 1.82) is 0 Å². The molecule has 0 unspecified atom stereocenters. The van der Waals surface area contributed by atoms with Gasteiger partial charge in [0.15, 0.2) is 11.6 Å². The number of nitrogens with two attached hydrogens (primary N) is 1. The number of primary amides is 1. The van der Waals surface area contributed by atoms with Crippen LogP contribution in [0.2, 0.25) is 0 Å². The van der Waals surface area contributed by atoms with Crippen molar-refractivity contribution >= 4 is 33.6 Å². The van der Waals surface area contributed by atoms with Gasteiger partial charge in [-0.15, -0.1) is 0 Å². The SMILES string of the molecule is COc1cc(F)c(O[C@H]2CC[C@@H](C(N)=O)CC2)cc1C(=O)N[C@@H]1[C@@H]2CC[C@@H](C2)[C@@H]1C(=O)Nc1cccc(S(F)(F)(F)(F)F)c1. The number of benzene rings is 2. The monoisotopic (exact) mass is 649 g/mol. The van der Waals surface area contributed by atoms with E-state index >= 15 is 0 Å². The first-order chi connectivity index (χ1) is 20.4. The largest absolute Gasteiger partial charge is 0.496 e. The van der Waals surface area contributed by atoms with Gasteiger partial charge in [0.1, 0.15) is 10.6 Å². The molecule has 3 fully saturated rings. The second-order valence-corrected chi connectivity index (χ2v) is 14.2. The number of rotatable bonds is 9. The molecule has 2 aromatic rings. The summed E-state index contributed by atoms with van der Waals surface area (Å²) in [7, 11) is -8.71. The van der Waals surface area contributed by atoms with E-state index in [9.17, 15) is 38.2 Å². The summed E-state index contributed by atoms with van der Waals surface area (Å²) in [6, 6.07) is 3.81. The van der Waals surface area contributed by atoms with Gasteiger partial charge in [0.05, 0.1) is 24.7 Å². The standard InChI is InChI=1S/C29H33F6N3O5S/c1-42-23-14-22(30)24(43-19-9-7-15(8-10-19)27(36)39)13-21(23)28(40)38-26-17-6-5-16(11-17)25(26)29(41)37-18-3-2-4-20(12-18)44(31,32,33,34)35/h2-4,12-17,19,25-26H,5-11H2,1H3,(H2,36,39)(H,37,41)(H,38,40)/t15-,16-,17+,19+,25-,26+/m0/s1. The molecule has 0 radical (unpaired) electrons. The Hall–Kier alpha value is -3.62. The van der Waals surface area contributed by atoms with Gasteiger partial charge < -0.3 is 25.8 Å². The molecular formula is C29H33F6N3O5S. The first-order valence-electron chi connectivity index (χ1n) is 14.2.